The Morgan fingerprint density at radius 3 is 2.09 bits per heavy atom. The first-order valence-electron chi connectivity index (χ1n) is 10.2. The zero-order valence-electron chi connectivity index (χ0n) is 17.6. The van der Waals surface area contributed by atoms with E-state index in [9.17, 15) is 19.5 Å². The molecular weight excluding hydrogens is 408 g/mol. The standard InChI is InChI=1S/C25H24N2O5/c1-16(24(29)30)14-20(26-23(28)21-8-5-9-22(27-21)25(31)32)15-17-10-12-19(13-11-17)18-6-3-2-4-7-18/h2-13,16,20H,14-15H2,1H3,(H,26,28)(H,29,30)(H,31,32)/t16-,20?/m1/s1. The third-order valence-corrected chi connectivity index (χ3v) is 5.14. The number of benzene rings is 2. The summed E-state index contributed by atoms with van der Waals surface area (Å²) < 4.78 is 0. The Bertz CT molecular complexity index is 1100. The van der Waals surface area contributed by atoms with Crippen molar-refractivity contribution in [3.8, 4) is 11.1 Å². The van der Waals surface area contributed by atoms with E-state index in [0.29, 0.717) is 6.42 Å². The number of aromatic carboxylic acids is 1. The van der Waals surface area contributed by atoms with Gasteiger partial charge in [0.15, 0.2) is 0 Å². The average molecular weight is 432 g/mol. The van der Waals surface area contributed by atoms with Crippen LogP contribution in [0.15, 0.2) is 72.8 Å². The molecule has 0 saturated heterocycles. The number of carboxylic acid groups (broad SMARTS) is 2. The summed E-state index contributed by atoms with van der Waals surface area (Å²) in [5, 5.41) is 21.2. The lowest BCUT2D eigenvalue weighted by Gasteiger charge is -2.21. The van der Waals surface area contributed by atoms with E-state index < -0.39 is 29.8 Å². The van der Waals surface area contributed by atoms with Gasteiger partial charge in [-0.2, -0.15) is 0 Å². The lowest BCUT2D eigenvalue weighted by Crippen LogP contribution is -2.39. The first-order valence-corrected chi connectivity index (χ1v) is 10.2. The predicted octanol–water partition coefficient (Wildman–Crippen LogP) is 3.90. The number of hydrogen-bond acceptors (Lipinski definition) is 4. The molecule has 3 rings (SSSR count). The van der Waals surface area contributed by atoms with E-state index in [2.05, 4.69) is 10.3 Å². The number of aliphatic carboxylic acids is 1. The molecule has 0 bridgehead atoms. The number of pyridine rings is 1. The molecule has 1 aromatic heterocycles. The molecule has 0 aliphatic rings. The number of rotatable bonds is 9. The molecule has 0 saturated carbocycles. The Balaban J connectivity index is 1.77. The summed E-state index contributed by atoms with van der Waals surface area (Å²) in [6.07, 6.45) is 0.650. The van der Waals surface area contributed by atoms with Crippen molar-refractivity contribution < 1.29 is 24.6 Å². The molecule has 0 aliphatic heterocycles. The quantitative estimate of drug-likeness (QED) is 0.472. The van der Waals surface area contributed by atoms with Gasteiger partial charge in [-0.25, -0.2) is 9.78 Å². The van der Waals surface area contributed by atoms with E-state index in [4.69, 9.17) is 5.11 Å². The molecule has 3 aromatic rings. The highest BCUT2D eigenvalue weighted by Crippen LogP contribution is 2.21. The normalized spacial score (nSPS) is 12.5. The Morgan fingerprint density at radius 1 is 0.844 bits per heavy atom. The Morgan fingerprint density at radius 2 is 1.47 bits per heavy atom. The Labute approximate surface area is 185 Å². The monoisotopic (exact) mass is 432 g/mol. The number of carbonyl (C=O) groups excluding carboxylic acids is 1. The fourth-order valence-electron chi connectivity index (χ4n) is 3.41. The van der Waals surface area contributed by atoms with Gasteiger partial charge in [0.2, 0.25) is 0 Å². The van der Waals surface area contributed by atoms with Crippen molar-refractivity contribution in [2.24, 2.45) is 5.92 Å². The lowest BCUT2D eigenvalue weighted by atomic mass is 9.95. The zero-order chi connectivity index (χ0) is 23.1. The molecule has 1 unspecified atom stereocenters. The number of carboxylic acids is 2. The van der Waals surface area contributed by atoms with E-state index in [1.165, 1.54) is 18.2 Å². The number of amides is 1. The molecule has 2 aromatic carbocycles. The summed E-state index contributed by atoms with van der Waals surface area (Å²) >= 11 is 0. The van der Waals surface area contributed by atoms with Crippen LogP contribution >= 0.6 is 0 Å². The predicted molar refractivity (Wildman–Crippen MR) is 119 cm³/mol. The minimum atomic E-state index is -1.23. The number of nitrogens with one attached hydrogen (secondary N) is 1. The first kappa shape index (κ1) is 22.7. The molecule has 2 atom stereocenters. The van der Waals surface area contributed by atoms with Gasteiger partial charge in [-0.1, -0.05) is 67.6 Å². The van der Waals surface area contributed by atoms with Gasteiger partial charge in [-0.05, 0) is 41.7 Å². The number of hydrogen-bond donors (Lipinski definition) is 3. The molecule has 164 valence electrons. The molecule has 3 N–H and O–H groups in total. The second kappa shape index (κ2) is 10.3. The maximum Gasteiger partial charge on any atom is 0.354 e. The van der Waals surface area contributed by atoms with Crippen molar-refractivity contribution in [1.29, 1.82) is 0 Å². The van der Waals surface area contributed by atoms with Gasteiger partial charge < -0.3 is 15.5 Å². The van der Waals surface area contributed by atoms with Gasteiger partial charge in [0.05, 0.1) is 5.92 Å². The van der Waals surface area contributed by atoms with Crippen molar-refractivity contribution in [2.45, 2.75) is 25.8 Å². The zero-order valence-corrected chi connectivity index (χ0v) is 17.6. The van der Waals surface area contributed by atoms with E-state index in [1.807, 2.05) is 54.6 Å². The second-order valence-corrected chi connectivity index (χ2v) is 7.63. The SMILES string of the molecule is C[C@H](CC(Cc1ccc(-c2ccccc2)cc1)NC(=O)c1cccc(C(=O)O)n1)C(=O)O. The van der Waals surface area contributed by atoms with Crippen LogP contribution in [0.3, 0.4) is 0 Å². The molecule has 0 radical (unpaired) electrons. The topological polar surface area (TPSA) is 117 Å². The van der Waals surface area contributed by atoms with Gasteiger partial charge >= 0.3 is 11.9 Å². The van der Waals surface area contributed by atoms with Gasteiger partial charge in [0.25, 0.3) is 5.91 Å². The van der Waals surface area contributed by atoms with E-state index >= 15 is 0 Å². The second-order valence-electron chi connectivity index (χ2n) is 7.63. The first-order chi connectivity index (χ1) is 15.3. The van der Waals surface area contributed by atoms with Crippen LogP contribution < -0.4 is 5.32 Å². The minimum absolute atomic E-state index is 0.0303. The molecule has 1 heterocycles. The van der Waals surface area contributed by atoms with Gasteiger partial charge in [0.1, 0.15) is 11.4 Å². The molecule has 32 heavy (non-hydrogen) atoms. The van der Waals surface area contributed by atoms with Gasteiger partial charge in [0, 0.05) is 6.04 Å². The Kier molecular flexibility index (Phi) is 7.33. The summed E-state index contributed by atoms with van der Waals surface area (Å²) in [5.41, 5.74) is 2.83. The maximum absolute atomic E-state index is 12.7. The highest BCUT2D eigenvalue weighted by Gasteiger charge is 2.22. The largest absolute Gasteiger partial charge is 0.481 e. The highest BCUT2D eigenvalue weighted by atomic mass is 16.4. The van der Waals surface area contributed by atoms with Crippen molar-refractivity contribution in [3.63, 3.8) is 0 Å². The van der Waals surface area contributed by atoms with Crippen LogP contribution in [0, 0.1) is 5.92 Å². The van der Waals surface area contributed by atoms with Crippen molar-refractivity contribution in [2.75, 3.05) is 0 Å². The van der Waals surface area contributed by atoms with Crippen molar-refractivity contribution in [1.82, 2.24) is 10.3 Å². The van der Waals surface area contributed by atoms with Crippen LogP contribution in [0.25, 0.3) is 11.1 Å². The molecule has 7 heteroatoms. The molecule has 1 amide bonds. The molecule has 0 spiro atoms. The summed E-state index contributed by atoms with van der Waals surface area (Å²) in [6.45, 7) is 1.59. The third kappa shape index (κ3) is 6.01. The summed E-state index contributed by atoms with van der Waals surface area (Å²) in [7, 11) is 0. The van der Waals surface area contributed by atoms with Gasteiger partial charge in [-0.3, -0.25) is 9.59 Å². The van der Waals surface area contributed by atoms with Crippen LogP contribution in [-0.4, -0.2) is 39.1 Å². The third-order valence-electron chi connectivity index (χ3n) is 5.14. The fourth-order valence-corrected chi connectivity index (χ4v) is 3.41. The summed E-state index contributed by atoms with van der Waals surface area (Å²) in [6, 6.07) is 21.5. The summed E-state index contributed by atoms with van der Waals surface area (Å²) in [4.78, 5) is 39.1. The molecule has 0 aliphatic carbocycles. The van der Waals surface area contributed by atoms with Crippen LogP contribution in [0.4, 0.5) is 0 Å². The lowest BCUT2D eigenvalue weighted by molar-refractivity contribution is -0.141. The van der Waals surface area contributed by atoms with E-state index in [1.54, 1.807) is 6.92 Å². The summed E-state index contributed by atoms with van der Waals surface area (Å²) in [5.74, 6) is -3.39. The molecule has 7 nitrogen and oxygen atoms in total. The van der Waals surface area contributed by atoms with Crippen molar-refractivity contribution >= 4 is 17.8 Å². The van der Waals surface area contributed by atoms with Crippen LogP contribution in [0.1, 0.15) is 39.9 Å². The molecular formula is C25H24N2O5. The fraction of sp³-hybridized carbons (Fsp3) is 0.200. The smallest absolute Gasteiger partial charge is 0.354 e. The minimum Gasteiger partial charge on any atom is -0.481 e. The Hall–Kier alpha value is -4.00. The number of aromatic nitrogens is 1. The van der Waals surface area contributed by atoms with Crippen LogP contribution in [-0.2, 0) is 11.2 Å². The van der Waals surface area contributed by atoms with E-state index in [-0.39, 0.29) is 17.8 Å². The average Bonchev–Trinajstić information content (AvgIpc) is 2.80. The van der Waals surface area contributed by atoms with E-state index in [0.717, 1.165) is 16.7 Å². The van der Waals surface area contributed by atoms with Crippen molar-refractivity contribution in [3.05, 3.63) is 89.7 Å². The maximum atomic E-state index is 12.7. The molecule has 0 fully saturated rings. The number of nitrogens with zero attached hydrogens (tertiary/aromatic N) is 1. The van der Waals surface area contributed by atoms with Crippen LogP contribution in [0.5, 0.6) is 0 Å². The van der Waals surface area contributed by atoms with Crippen LogP contribution in [0.2, 0.25) is 0 Å². The van der Waals surface area contributed by atoms with Gasteiger partial charge in [-0.15, -0.1) is 0 Å². The highest BCUT2D eigenvalue weighted by molar-refractivity contribution is 5.94. The number of carbonyl (C=O) groups is 3.